The zero-order valence-electron chi connectivity index (χ0n) is 33.8. The van der Waals surface area contributed by atoms with Gasteiger partial charge >= 0.3 is 6.09 Å². The number of imidazole rings is 2. The molecular weight excluding hydrogens is 811 g/mol. The molecule has 0 bridgehead atoms. The molecule has 2 aliphatic heterocycles. The molecule has 0 unspecified atom stereocenters. The quantitative estimate of drug-likeness (QED) is 0.138. The van der Waals surface area contributed by atoms with Gasteiger partial charge in [0.05, 0.1) is 47.6 Å². The highest BCUT2D eigenvalue weighted by Gasteiger charge is 2.54. The third-order valence-electron chi connectivity index (χ3n) is 11.9. The van der Waals surface area contributed by atoms with Gasteiger partial charge in [0.15, 0.2) is 5.82 Å². The molecule has 3 aromatic heterocycles. The molecule has 3 N–H and O–H groups in total. The van der Waals surface area contributed by atoms with Gasteiger partial charge in [-0.15, -0.1) is 0 Å². The monoisotopic (exact) mass is 867 g/mol. The largest absolute Gasteiger partial charge is 0.453 e. The highest BCUT2D eigenvalue weighted by Crippen LogP contribution is 2.58. The lowest BCUT2D eigenvalue weighted by atomic mass is 9.96. The number of H-pyrrole nitrogens is 2. The Morgan fingerprint density at radius 1 is 0.810 bits per heavy atom. The van der Waals surface area contributed by atoms with Crippen molar-refractivity contribution < 1.29 is 19.1 Å². The topological polar surface area (TPSA) is 162 Å². The number of fused-ring (bicyclic) bond motifs is 2. The van der Waals surface area contributed by atoms with Crippen molar-refractivity contribution in [2.75, 3.05) is 20.2 Å². The van der Waals surface area contributed by atoms with E-state index in [4.69, 9.17) is 24.7 Å². The van der Waals surface area contributed by atoms with Gasteiger partial charge in [0.1, 0.15) is 17.7 Å². The summed E-state index contributed by atoms with van der Waals surface area (Å²) in [5.41, 5.74) is 5.47. The van der Waals surface area contributed by atoms with Crippen molar-refractivity contribution in [3.8, 4) is 22.6 Å². The number of hydrogen-bond donors (Lipinski definition) is 3. The van der Waals surface area contributed by atoms with E-state index in [0.717, 1.165) is 70.4 Å². The first-order valence-corrected chi connectivity index (χ1v) is 19.2. The second-order valence-electron chi connectivity index (χ2n) is 16.3. The standard InChI is InChI=1S/C41H49N9O4.4H2S/c1-22(2)24(5)38(51)50-21-41(13-14-41)18-33(50)37-45-29-12-10-26(17-30(29)46-37)35-42-19-27-16-25(9-11-28(27)44-35)31-20-43-36(47-31)32-8-7-15-49(32)39(52)34(23(3)4)48-40(53)54-6;;;;/h9-12,16-17,19-20,22-24,32-34H,7-8,13-15,18,21H2,1-6H3,(H,43,47)(H,45,46)(H,48,53);4*1H2/t24-,32-,33-,34-;;;;/m0..../s1. The van der Waals surface area contributed by atoms with Gasteiger partial charge in [-0.1, -0.05) is 40.7 Å². The fourth-order valence-corrected chi connectivity index (χ4v) is 8.13. The molecule has 8 rings (SSSR count). The van der Waals surface area contributed by atoms with Gasteiger partial charge in [0, 0.05) is 41.7 Å². The molecule has 58 heavy (non-hydrogen) atoms. The molecule has 1 spiro atoms. The molecule has 13 nitrogen and oxygen atoms in total. The average molecular weight is 868 g/mol. The van der Waals surface area contributed by atoms with Gasteiger partial charge in [-0.2, -0.15) is 54.0 Å². The first kappa shape index (κ1) is 46.8. The minimum absolute atomic E-state index is 0. The Balaban J connectivity index is 0.00000186. The lowest BCUT2D eigenvalue weighted by molar-refractivity contribution is -0.137. The number of aromatic amines is 2. The second-order valence-corrected chi connectivity index (χ2v) is 16.3. The fourth-order valence-electron chi connectivity index (χ4n) is 8.13. The van der Waals surface area contributed by atoms with Gasteiger partial charge < -0.3 is 29.8 Å². The summed E-state index contributed by atoms with van der Waals surface area (Å²) >= 11 is 0. The summed E-state index contributed by atoms with van der Waals surface area (Å²) in [7, 11) is 1.29. The summed E-state index contributed by atoms with van der Waals surface area (Å²) in [5, 5.41) is 3.59. The number of carbonyl (C=O) groups is 3. The van der Waals surface area contributed by atoms with E-state index >= 15 is 0 Å². The summed E-state index contributed by atoms with van der Waals surface area (Å²) in [6.07, 6.45) is 7.95. The molecule has 2 saturated heterocycles. The minimum atomic E-state index is -0.690. The van der Waals surface area contributed by atoms with Crippen molar-refractivity contribution in [2.24, 2.45) is 23.2 Å². The van der Waals surface area contributed by atoms with E-state index in [1.165, 1.54) is 20.0 Å². The molecule has 5 aromatic rings. The first-order chi connectivity index (χ1) is 25.9. The zero-order chi connectivity index (χ0) is 37.9. The van der Waals surface area contributed by atoms with Crippen molar-refractivity contribution in [1.29, 1.82) is 0 Å². The molecule has 17 heteroatoms. The lowest BCUT2D eigenvalue weighted by Gasteiger charge is -2.30. The van der Waals surface area contributed by atoms with E-state index in [2.05, 4.69) is 34.0 Å². The summed E-state index contributed by atoms with van der Waals surface area (Å²) in [4.78, 5) is 69.3. The smallest absolute Gasteiger partial charge is 0.407 e. The van der Waals surface area contributed by atoms with Crippen molar-refractivity contribution in [1.82, 2.24) is 45.0 Å². The highest BCUT2D eigenvalue weighted by molar-refractivity contribution is 7.59. The number of amides is 3. The Bertz CT molecular complexity index is 2260. The van der Waals surface area contributed by atoms with Gasteiger partial charge in [-0.25, -0.2) is 24.7 Å². The van der Waals surface area contributed by atoms with E-state index < -0.39 is 12.1 Å². The maximum Gasteiger partial charge on any atom is 0.407 e. The molecule has 3 aliphatic rings. The summed E-state index contributed by atoms with van der Waals surface area (Å²) in [6.45, 7) is 11.5. The zero-order valence-corrected chi connectivity index (χ0v) is 37.8. The molecule has 1 aliphatic carbocycles. The van der Waals surface area contributed by atoms with E-state index in [9.17, 15) is 14.4 Å². The van der Waals surface area contributed by atoms with Gasteiger partial charge in [0.2, 0.25) is 11.8 Å². The Kier molecular flexibility index (Phi) is 15.0. The fraction of sp³-hybridized carbons (Fsp3) is 0.488. The van der Waals surface area contributed by atoms with Crippen LogP contribution in [0, 0.1) is 23.2 Å². The second kappa shape index (κ2) is 18.6. The first-order valence-electron chi connectivity index (χ1n) is 19.2. The Labute approximate surface area is 367 Å². The highest BCUT2D eigenvalue weighted by atomic mass is 32.1. The number of aromatic nitrogens is 6. The Hall–Kier alpha value is -3.93. The van der Waals surface area contributed by atoms with Crippen LogP contribution in [0.3, 0.4) is 0 Å². The molecule has 0 radical (unpaired) electrons. The average Bonchev–Trinajstić information content (AvgIpc) is 3.66. The SMILES string of the molecule is COC(=O)N[C@H](C(=O)N1CCC[C@H]1c1ncc(-c2ccc3nc(-c4ccc5nc([C@@H]6CC7(CC7)CN6C(=O)[C@@H](C)C(C)C)[nH]c5c4)ncc3c2)[nH]1)C(C)C.S.S.S.S. The number of ether oxygens (including phenoxy) is 1. The molecule has 2 aromatic carbocycles. The third-order valence-corrected chi connectivity index (χ3v) is 11.9. The van der Waals surface area contributed by atoms with Crippen LogP contribution in [0.25, 0.3) is 44.6 Å². The number of benzene rings is 2. The predicted molar refractivity (Wildman–Crippen MR) is 246 cm³/mol. The molecule has 4 atom stereocenters. The van der Waals surface area contributed by atoms with Crippen LogP contribution in [-0.4, -0.2) is 83.9 Å². The van der Waals surface area contributed by atoms with Crippen molar-refractivity contribution in [3.05, 3.63) is 60.4 Å². The van der Waals surface area contributed by atoms with Crippen LogP contribution >= 0.6 is 54.0 Å². The maximum atomic E-state index is 13.6. The van der Waals surface area contributed by atoms with E-state index in [-0.39, 0.29) is 101 Å². The number of likely N-dealkylation sites (tertiary alicyclic amines) is 2. The van der Waals surface area contributed by atoms with Crippen LogP contribution in [0.15, 0.2) is 48.8 Å². The molecule has 3 amide bonds. The lowest BCUT2D eigenvalue weighted by Crippen LogP contribution is -2.51. The molecule has 3 fully saturated rings. The maximum absolute atomic E-state index is 13.6. The Morgan fingerprint density at radius 3 is 2.22 bits per heavy atom. The number of nitrogens with zero attached hydrogens (tertiary/aromatic N) is 6. The van der Waals surface area contributed by atoms with Crippen molar-refractivity contribution in [2.45, 2.75) is 84.8 Å². The van der Waals surface area contributed by atoms with E-state index in [0.29, 0.717) is 18.2 Å². The summed E-state index contributed by atoms with van der Waals surface area (Å²) < 4.78 is 4.76. The van der Waals surface area contributed by atoms with Crippen molar-refractivity contribution >= 4 is 93.8 Å². The Morgan fingerprint density at radius 2 is 1.53 bits per heavy atom. The molecular formula is C41H57N9O4S4. The number of methoxy groups -OCH3 is 1. The van der Waals surface area contributed by atoms with Gasteiger partial charge in [-0.3, -0.25) is 9.59 Å². The van der Waals surface area contributed by atoms with Gasteiger partial charge in [0.25, 0.3) is 0 Å². The molecule has 314 valence electrons. The van der Waals surface area contributed by atoms with Crippen LogP contribution in [0.5, 0.6) is 0 Å². The third kappa shape index (κ3) is 8.97. The molecule has 1 saturated carbocycles. The van der Waals surface area contributed by atoms with Crippen LogP contribution in [-0.2, 0) is 14.3 Å². The number of hydrogen-bond acceptors (Lipinski definition) is 8. The number of rotatable bonds is 9. The van der Waals surface area contributed by atoms with Crippen LogP contribution in [0.1, 0.15) is 90.5 Å². The normalized spacial score (nSPS) is 19.0. The minimum Gasteiger partial charge on any atom is -0.453 e. The number of carbonyl (C=O) groups excluding carboxylic acids is 3. The predicted octanol–water partition coefficient (Wildman–Crippen LogP) is 7.40. The number of alkyl carbamates (subject to hydrolysis) is 1. The summed E-state index contributed by atoms with van der Waals surface area (Å²) in [6, 6.07) is 11.1. The van der Waals surface area contributed by atoms with E-state index in [1.807, 2.05) is 68.3 Å². The van der Waals surface area contributed by atoms with Gasteiger partial charge in [-0.05, 0) is 79.7 Å². The van der Waals surface area contributed by atoms with Crippen LogP contribution in [0.4, 0.5) is 4.79 Å². The number of nitrogens with one attached hydrogen (secondary N) is 3. The molecule has 5 heterocycles. The summed E-state index contributed by atoms with van der Waals surface area (Å²) in [5.74, 6) is 2.41. The van der Waals surface area contributed by atoms with E-state index in [1.54, 1.807) is 6.20 Å². The van der Waals surface area contributed by atoms with Crippen LogP contribution in [0.2, 0.25) is 0 Å². The van der Waals surface area contributed by atoms with Crippen LogP contribution < -0.4 is 5.32 Å². The van der Waals surface area contributed by atoms with Crippen molar-refractivity contribution in [3.63, 3.8) is 0 Å².